The maximum absolute atomic E-state index is 11.6. The number of nitrogens with zero attached hydrogens (tertiary/aromatic N) is 1. The molecule has 0 saturated carbocycles. The van der Waals surface area contributed by atoms with Gasteiger partial charge in [0.15, 0.2) is 0 Å². The number of carbonyl (C=O) groups is 1. The predicted octanol–water partition coefficient (Wildman–Crippen LogP) is 3.10. The first-order valence-electron chi connectivity index (χ1n) is 6.75. The van der Waals surface area contributed by atoms with Crippen molar-refractivity contribution in [3.05, 3.63) is 29.3 Å². The van der Waals surface area contributed by atoms with E-state index in [1.165, 1.54) is 0 Å². The summed E-state index contributed by atoms with van der Waals surface area (Å²) in [6.45, 7) is 7.16. The van der Waals surface area contributed by atoms with E-state index in [4.69, 9.17) is 5.73 Å². The summed E-state index contributed by atoms with van der Waals surface area (Å²) in [4.78, 5) is 13.2. The van der Waals surface area contributed by atoms with Crippen LogP contribution >= 0.6 is 0 Å². The van der Waals surface area contributed by atoms with E-state index in [-0.39, 0.29) is 17.5 Å². The molecule has 4 nitrogen and oxygen atoms in total. The van der Waals surface area contributed by atoms with Crippen molar-refractivity contribution in [1.82, 2.24) is 4.90 Å². The zero-order valence-corrected chi connectivity index (χ0v) is 12.2. The summed E-state index contributed by atoms with van der Waals surface area (Å²) in [6.07, 6.45) is 1.03. The Bertz CT molecular complexity index is 496. The first-order valence-corrected chi connectivity index (χ1v) is 6.75. The number of hydrogen-bond acceptors (Lipinski definition) is 2. The molecule has 0 fully saturated rings. The van der Waals surface area contributed by atoms with Gasteiger partial charge in [-0.05, 0) is 29.0 Å². The molecule has 3 N–H and O–H groups in total. The average molecular weight is 261 g/mol. The molecule has 104 valence electrons. The third kappa shape index (κ3) is 2.59. The summed E-state index contributed by atoms with van der Waals surface area (Å²) in [6, 6.07) is 6.05. The first-order chi connectivity index (χ1) is 8.85. The second-order valence-electron chi connectivity index (χ2n) is 6.02. The minimum atomic E-state index is -0.0570. The number of nitrogens with one attached hydrogen (secondary N) is 1. The summed E-state index contributed by atoms with van der Waals surface area (Å²) in [7, 11) is 1.79. The van der Waals surface area contributed by atoms with Gasteiger partial charge in [0.25, 0.3) is 0 Å². The third-order valence-electron chi connectivity index (χ3n) is 4.24. The van der Waals surface area contributed by atoms with Gasteiger partial charge in [0.1, 0.15) is 0 Å². The van der Waals surface area contributed by atoms with E-state index in [0.29, 0.717) is 6.54 Å². The van der Waals surface area contributed by atoms with Crippen LogP contribution in [0.4, 0.5) is 10.5 Å². The molecule has 0 aromatic heterocycles. The zero-order chi connectivity index (χ0) is 14.2. The van der Waals surface area contributed by atoms with Crippen molar-refractivity contribution >= 4 is 11.7 Å². The van der Waals surface area contributed by atoms with E-state index in [2.05, 4.69) is 32.2 Å². The minimum absolute atomic E-state index is 0.00531. The molecule has 1 aromatic rings. The van der Waals surface area contributed by atoms with Crippen molar-refractivity contribution in [1.29, 1.82) is 0 Å². The fourth-order valence-electron chi connectivity index (χ4n) is 2.27. The lowest BCUT2D eigenvalue weighted by Gasteiger charge is -2.32. The van der Waals surface area contributed by atoms with Crippen LogP contribution in [-0.2, 0) is 6.54 Å². The smallest absolute Gasteiger partial charge is 0.321 e. The number of rotatable bonds is 3. The van der Waals surface area contributed by atoms with E-state index in [9.17, 15) is 4.79 Å². The third-order valence-corrected chi connectivity index (χ3v) is 4.24. The van der Waals surface area contributed by atoms with Gasteiger partial charge < -0.3 is 16.0 Å². The lowest BCUT2D eigenvalue weighted by atomic mass is 9.78. The molecular formula is C15H23N3O. The van der Waals surface area contributed by atoms with Gasteiger partial charge in [-0.25, -0.2) is 4.79 Å². The van der Waals surface area contributed by atoms with Gasteiger partial charge in [-0.15, -0.1) is 0 Å². The molecule has 0 spiro atoms. The second kappa shape index (κ2) is 4.85. The standard InChI is InChI=1S/C15H23N3O/c1-5-15(2,3)13(16)10-6-7-12-11(8-10)9-18(4)14(19)17-12/h6-8,13H,5,9,16H2,1-4H3,(H,17,19). The van der Waals surface area contributed by atoms with Crippen LogP contribution in [0.25, 0.3) is 0 Å². The Morgan fingerprint density at radius 3 is 2.79 bits per heavy atom. The molecule has 2 amide bonds. The lowest BCUT2D eigenvalue weighted by molar-refractivity contribution is 0.218. The van der Waals surface area contributed by atoms with Crippen molar-refractivity contribution in [2.45, 2.75) is 39.8 Å². The molecule has 1 heterocycles. The lowest BCUT2D eigenvalue weighted by Crippen LogP contribution is -2.36. The number of hydrogen-bond donors (Lipinski definition) is 2. The van der Waals surface area contributed by atoms with Crippen molar-refractivity contribution in [2.75, 3.05) is 12.4 Å². The number of amides is 2. The molecular weight excluding hydrogens is 238 g/mol. The van der Waals surface area contributed by atoms with Crippen LogP contribution in [0.5, 0.6) is 0 Å². The van der Waals surface area contributed by atoms with E-state index >= 15 is 0 Å². The van der Waals surface area contributed by atoms with Gasteiger partial charge in [-0.1, -0.05) is 32.9 Å². The molecule has 0 bridgehead atoms. The fourth-order valence-corrected chi connectivity index (χ4v) is 2.27. The normalized spacial score (nSPS) is 16.9. The van der Waals surface area contributed by atoms with Crippen molar-refractivity contribution in [3.63, 3.8) is 0 Å². The summed E-state index contributed by atoms with van der Waals surface area (Å²) >= 11 is 0. The highest BCUT2D eigenvalue weighted by Gasteiger charge is 2.27. The van der Waals surface area contributed by atoms with Gasteiger partial charge in [-0.2, -0.15) is 0 Å². The quantitative estimate of drug-likeness (QED) is 0.878. The molecule has 1 aliphatic heterocycles. The summed E-state index contributed by atoms with van der Waals surface area (Å²) in [5.41, 5.74) is 9.60. The summed E-state index contributed by atoms with van der Waals surface area (Å²) < 4.78 is 0. The predicted molar refractivity (Wildman–Crippen MR) is 77.9 cm³/mol. The van der Waals surface area contributed by atoms with Gasteiger partial charge in [0.2, 0.25) is 0 Å². The van der Waals surface area contributed by atoms with E-state index in [1.54, 1.807) is 11.9 Å². The molecule has 1 aliphatic rings. The van der Waals surface area contributed by atoms with Crippen LogP contribution in [0, 0.1) is 5.41 Å². The molecule has 1 atom stereocenters. The van der Waals surface area contributed by atoms with Crippen LogP contribution in [-0.4, -0.2) is 18.0 Å². The van der Waals surface area contributed by atoms with Gasteiger partial charge in [0, 0.05) is 25.3 Å². The van der Waals surface area contributed by atoms with Crippen molar-refractivity contribution in [3.8, 4) is 0 Å². The number of fused-ring (bicyclic) bond motifs is 1. The zero-order valence-electron chi connectivity index (χ0n) is 12.2. The Kier molecular flexibility index (Phi) is 3.54. The summed E-state index contributed by atoms with van der Waals surface area (Å²) in [5, 5.41) is 2.87. The molecule has 19 heavy (non-hydrogen) atoms. The van der Waals surface area contributed by atoms with Gasteiger partial charge >= 0.3 is 6.03 Å². The Morgan fingerprint density at radius 1 is 1.47 bits per heavy atom. The molecule has 1 unspecified atom stereocenters. The molecule has 4 heteroatoms. The van der Waals surface area contributed by atoms with Gasteiger partial charge in [-0.3, -0.25) is 0 Å². The van der Waals surface area contributed by atoms with E-state index < -0.39 is 0 Å². The van der Waals surface area contributed by atoms with Crippen LogP contribution < -0.4 is 11.1 Å². The largest absolute Gasteiger partial charge is 0.324 e. The van der Waals surface area contributed by atoms with Crippen LogP contribution in [0.15, 0.2) is 18.2 Å². The van der Waals surface area contributed by atoms with Crippen molar-refractivity contribution < 1.29 is 4.79 Å². The maximum Gasteiger partial charge on any atom is 0.321 e. The van der Waals surface area contributed by atoms with Crippen LogP contribution in [0.3, 0.4) is 0 Å². The molecule has 0 saturated heterocycles. The number of urea groups is 1. The topological polar surface area (TPSA) is 58.4 Å². The van der Waals surface area contributed by atoms with E-state index in [1.807, 2.05) is 12.1 Å². The molecule has 0 radical (unpaired) electrons. The fraction of sp³-hybridized carbons (Fsp3) is 0.533. The first kappa shape index (κ1) is 13.9. The summed E-state index contributed by atoms with van der Waals surface area (Å²) in [5.74, 6) is 0. The van der Waals surface area contributed by atoms with Crippen molar-refractivity contribution in [2.24, 2.45) is 11.1 Å². The van der Waals surface area contributed by atoms with E-state index in [0.717, 1.165) is 23.2 Å². The molecule has 0 aliphatic carbocycles. The maximum atomic E-state index is 11.6. The SMILES string of the molecule is CCC(C)(C)C(N)c1ccc2c(c1)CN(C)C(=O)N2. The minimum Gasteiger partial charge on any atom is -0.324 e. The number of anilines is 1. The molecule has 1 aromatic carbocycles. The Morgan fingerprint density at radius 2 is 2.16 bits per heavy atom. The number of carbonyl (C=O) groups excluding carboxylic acids is 1. The Hall–Kier alpha value is -1.55. The average Bonchev–Trinajstić information content (AvgIpc) is 2.38. The monoisotopic (exact) mass is 261 g/mol. The number of benzene rings is 1. The Labute approximate surface area is 115 Å². The van der Waals surface area contributed by atoms with Crippen LogP contribution in [0.1, 0.15) is 44.4 Å². The molecule has 2 rings (SSSR count). The van der Waals surface area contributed by atoms with Crippen LogP contribution in [0.2, 0.25) is 0 Å². The highest BCUT2D eigenvalue weighted by Crippen LogP contribution is 2.36. The number of nitrogens with two attached hydrogens (primary N) is 1. The Balaban J connectivity index is 2.32. The second-order valence-corrected chi connectivity index (χ2v) is 6.02. The highest BCUT2D eigenvalue weighted by molar-refractivity contribution is 5.92. The van der Waals surface area contributed by atoms with Gasteiger partial charge in [0.05, 0.1) is 0 Å². The highest BCUT2D eigenvalue weighted by atomic mass is 16.2.